The van der Waals surface area contributed by atoms with Crippen molar-refractivity contribution in [3.05, 3.63) is 58.6 Å². The molecule has 2 aromatic rings. The van der Waals surface area contributed by atoms with Crippen LogP contribution in [0.1, 0.15) is 24.1 Å². The van der Waals surface area contributed by atoms with Crippen LogP contribution in [0.2, 0.25) is 5.02 Å². The molecule has 2 aromatic carbocycles. The number of nitrogens with two attached hydrogens (primary N) is 1. The second kappa shape index (κ2) is 6.72. The van der Waals surface area contributed by atoms with Crippen molar-refractivity contribution in [3.63, 3.8) is 0 Å². The molecule has 128 valence electrons. The molecule has 24 heavy (non-hydrogen) atoms. The molecule has 0 amide bonds. The van der Waals surface area contributed by atoms with E-state index in [2.05, 4.69) is 4.72 Å². The van der Waals surface area contributed by atoms with Crippen LogP contribution in [0.4, 0.5) is 0 Å². The highest BCUT2D eigenvalue weighted by Crippen LogP contribution is 2.37. The monoisotopic (exact) mass is 366 g/mol. The summed E-state index contributed by atoms with van der Waals surface area (Å²) in [6.45, 7) is 2.02. The highest BCUT2D eigenvalue weighted by molar-refractivity contribution is 7.89. The second-order valence-electron chi connectivity index (χ2n) is 5.90. The Morgan fingerprint density at radius 3 is 2.75 bits per heavy atom. The Balaban J connectivity index is 1.77. The lowest BCUT2D eigenvalue weighted by Crippen LogP contribution is -2.32. The van der Waals surface area contributed by atoms with Crippen molar-refractivity contribution in [2.75, 3.05) is 6.54 Å². The minimum Gasteiger partial charge on any atom is -0.489 e. The van der Waals surface area contributed by atoms with Crippen LogP contribution in [0.3, 0.4) is 0 Å². The Kier molecular flexibility index (Phi) is 4.83. The molecule has 2 unspecified atom stereocenters. The van der Waals surface area contributed by atoms with E-state index in [-0.39, 0.29) is 17.5 Å². The summed E-state index contributed by atoms with van der Waals surface area (Å²) in [4.78, 5) is 0.129. The Hall–Kier alpha value is -1.60. The average molecular weight is 367 g/mol. The summed E-state index contributed by atoms with van der Waals surface area (Å²) in [5.74, 6) is 0.573. The Morgan fingerprint density at radius 2 is 2.04 bits per heavy atom. The predicted octanol–water partition coefficient (Wildman–Crippen LogP) is 2.64. The molecular weight excluding hydrogens is 348 g/mol. The van der Waals surface area contributed by atoms with Crippen molar-refractivity contribution >= 4 is 21.6 Å². The number of sulfonamides is 1. The third-order valence-corrected chi connectivity index (χ3v) is 5.64. The van der Waals surface area contributed by atoms with E-state index < -0.39 is 16.1 Å². The maximum absolute atomic E-state index is 12.5. The van der Waals surface area contributed by atoms with Crippen molar-refractivity contribution in [2.24, 2.45) is 5.73 Å². The fourth-order valence-corrected chi connectivity index (χ4v) is 4.20. The predicted molar refractivity (Wildman–Crippen MR) is 93.8 cm³/mol. The van der Waals surface area contributed by atoms with Gasteiger partial charge in [-0.2, -0.15) is 0 Å². The minimum absolute atomic E-state index is 0.00471. The molecule has 1 heterocycles. The van der Waals surface area contributed by atoms with Crippen molar-refractivity contribution in [3.8, 4) is 5.75 Å². The number of ether oxygens (including phenoxy) is 1. The molecule has 3 N–H and O–H groups in total. The molecule has 0 radical (unpaired) electrons. The van der Waals surface area contributed by atoms with Gasteiger partial charge in [0.25, 0.3) is 0 Å². The van der Waals surface area contributed by atoms with Gasteiger partial charge in [-0.1, -0.05) is 41.9 Å². The molecular formula is C17H19ClN2O3S. The lowest BCUT2D eigenvalue weighted by Gasteiger charge is -2.14. The molecule has 1 aliphatic heterocycles. The van der Waals surface area contributed by atoms with Gasteiger partial charge in [-0.15, -0.1) is 0 Å². The highest BCUT2D eigenvalue weighted by atomic mass is 35.5. The number of hydrogen-bond acceptors (Lipinski definition) is 4. The summed E-state index contributed by atoms with van der Waals surface area (Å²) in [7, 11) is -3.69. The third-order valence-electron chi connectivity index (χ3n) is 3.95. The summed E-state index contributed by atoms with van der Waals surface area (Å²) in [5, 5.41) is 0.310. The fourth-order valence-electron chi connectivity index (χ4n) is 2.71. The van der Waals surface area contributed by atoms with E-state index >= 15 is 0 Å². The summed E-state index contributed by atoms with van der Waals surface area (Å²) in [6.07, 6.45) is 0.636. The molecule has 0 saturated carbocycles. The lowest BCUT2D eigenvalue weighted by atomic mass is 10.1. The largest absolute Gasteiger partial charge is 0.489 e. The number of halogens is 1. The SMILES string of the molecule is CC1Cc2cc(S(=O)(=O)NCC(N)c3ccccc3)cc(Cl)c2O1. The molecule has 0 spiro atoms. The van der Waals surface area contributed by atoms with E-state index in [9.17, 15) is 8.42 Å². The fraction of sp³-hybridized carbons (Fsp3) is 0.294. The Bertz CT molecular complexity index is 840. The molecule has 7 heteroatoms. The van der Waals surface area contributed by atoms with E-state index in [1.165, 1.54) is 6.07 Å². The van der Waals surface area contributed by atoms with Gasteiger partial charge in [0, 0.05) is 24.6 Å². The maximum atomic E-state index is 12.5. The van der Waals surface area contributed by atoms with E-state index in [4.69, 9.17) is 22.1 Å². The first-order valence-corrected chi connectivity index (χ1v) is 9.52. The van der Waals surface area contributed by atoms with Gasteiger partial charge in [-0.05, 0) is 24.6 Å². The van der Waals surface area contributed by atoms with Gasteiger partial charge in [-0.25, -0.2) is 13.1 Å². The molecule has 3 rings (SSSR count). The first kappa shape index (κ1) is 17.2. The van der Waals surface area contributed by atoms with Crippen LogP contribution >= 0.6 is 11.6 Å². The molecule has 0 saturated heterocycles. The first-order chi connectivity index (χ1) is 11.4. The zero-order valence-electron chi connectivity index (χ0n) is 13.2. The summed E-state index contributed by atoms with van der Waals surface area (Å²) < 4.78 is 33.2. The van der Waals surface area contributed by atoms with Gasteiger partial charge in [0.2, 0.25) is 10.0 Å². The first-order valence-electron chi connectivity index (χ1n) is 7.66. The quantitative estimate of drug-likeness (QED) is 0.852. The van der Waals surface area contributed by atoms with Gasteiger partial charge < -0.3 is 10.5 Å². The topological polar surface area (TPSA) is 81.4 Å². The smallest absolute Gasteiger partial charge is 0.240 e. The van der Waals surface area contributed by atoms with Gasteiger partial charge in [-0.3, -0.25) is 0 Å². The van der Waals surface area contributed by atoms with Crippen molar-refractivity contribution in [2.45, 2.75) is 30.4 Å². The molecule has 0 aliphatic carbocycles. The van der Waals surface area contributed by atoms with Gasteiger partial charge in [0.1, 0.15) is 11.9 Å². The molecule has 1 aliphatic rings. The van der Waals surface area contributed by atoms with Crippen molar-refractivity contribution in [1.82, 2.24) is 4.72 Å². The van der Waals surface area contributed by atoms with Gasteiger partial charge in [0.05, 0.1) is 9.92 Å². The number of fused-ring (bicyclic) bond motifs is 1. The Morgan fingerprint density at radius 1 is 1.33 bits per heavy atom. The zero-order valence-corrected chi connectivity index (χ0v) is 14.8. The van der Waals surface area contributed by atoms with E-state index in [0.717, 1.165) is 11.1 Å². The van der Waals surface area contributed by atoms with Crippen LogP contribution in [0.25, 0.3) is 0 Å². The number of nitrogens with one attached hydrogen (secondary N) is 1. The van der Waals surface area contributed by atoms with Gasteiger partial charge in [0.15, 0.2) is 0 Å². The molecule has 0 aromatic heterocycles. The third kappa shape index (κ3) is 3.57. The summed E-state index contributed by atoms with van der Waals surface area (Å²) in [6, 6.07) is 11.9. The number of hydrogen-bond donors (Lipinski definition) is 2. The van der Waals surface area contributed by atoms with Crippen molar-refractivity contribution < 1.29 is 13.2 Å². The van der Waals surface area contributed by atoms with E-state index in [0.29, 0.717) is 17.2 Å². The minimum atomic E-state index is -3.69. The van der Waals surface area contributed by atoms with Crippen LogP contribution in [0, 0.1) is 0 Å². The van der Waals surface area contributed by atoms with Gasteiger partial charge >= 0.3 is 0 Å². The average Bonchev–Trinajstić information content (AvgIpc) is 2.94. The summed E-state index contributed by atoms with van der Waals surface area (Å²) in [5.41, 5.74) is 7.72. The maximum Gasteiger partial charge on any atom is 0.240 e. The van der Waals surface area contributed by atoms with Crippen molar-refractivity contribution in [1.29, 1.82) is 0 Å². The molecule has 2 atom stereocenters. The van der Waals surface area contributed by atoms with Crippen LogP contribution in [-0.2, 0) is 16.4 Å². The normalized spacial score (nSPS) is 18.0. The molecule has 0 bridgehead atoms. The second-order valence-corrected chi connectivity index (χ2v) is 8.07. The zero-order chi connectivity index (χ0) is 17.3. The van der Waals surface area contributed by atoms with Crippen LogP contribution in [0.5, 0.6) is 5.75 Å². The standard InChI is InChI=1S/C17H19ClN2O3S/c1-11-7-13-8-14(9-15(18)17(13)23-11)24(21,22)20-10-16(19)12-5-3-2-4-6-12/h2-6,8-9,11,16,20H,7,10,19H2,1H3. The number of rotatable bonds is 5. The molecule has 5 nitrogen and oxygen atoms in total. The number of benzene rings is 2. The lowest BCUT2D eigenvalue weighted by molar-refractivity contribution is 0.255. The van der Waals surface area contributed by atoms with E-state index in [1.807, 2.05) is 37.3 Å². The van der Waals surface area contributed by atoms with E-state index in [1.54, 1.807) is 6.07 Å². The van der Waals surface area contributed by atoms with Crippen LogP contribution in [-0.4, -0.2) is 21.1 Å². The highest BCUT2D eigenvalue weighted by Gasteiger charge is 2.26. The molecule has 0 fully saturated rings. The summed E-state index contributed by atoms with van der Waals surface area (Å²) >= 11 is 6.16. The Labute approximate surface area is 146 Å². The van der Waals surface area contributed by atoms with Crippen LogP contribution in [0.15, 0.2) is 47.4 Å². The van der Waals surface area contributed by atoms with Crippen LogP contribution < -0.4 is 15.2 Å².